The highest BCUT2D eigenvalue weighted by molar-refractivity contribution is 6.07. The Morgan fingerprint density at radius 3 is 2.18 bits per heavy atom. The summed E-state index contributed by atoms with van der Waals surface area (Å²) < 4.78 is 6.73. The van der Waals surface area contributed by atoms with Crippen LogP contribution >= 0.6 is 0 Å². The third kappa shape index (κ3) is 4.62. The van der Waals surface area contributed by atoms with Gasteiger partial charge in [-0.25, -0.2) is 4.79 Å². The van der Waals surface area contributed by atoms with Gasteiger partial charge in [-0.3, -0.25) is 9.59 Å². The number of fused-ring (bicyclic) bond motifs is 1. The van der Waals surface area contributed by atoms with E-state index in [4.69, 9.17) is 4.74 Å². The number of amides is 1. The van der Waals surface area contributed by atoms with Gasteiger partial charge in [-0.2, -0.15) is 0 Å². The minimum Gasteiger partial charge on any atom is -0.451 e. The number of rotatable bonds is 6. The highest BCUT2D eigenvalue weighted by Gasteiger charge is 2.24. The van der Waals surface area contributed by atoms with Crippen LogP contribution < -0.4 is 5.56 Å². The lowest BCUT2D eigenvalue weighted by molar-refractivity contribution is -0.133. The summed E-state index contributed by atoms with van der Waals surface area (Å²) in [7, 11) is 3.21. The second-order valence-corrected chi connectivity index (χ2v) is 8.31. The molecule has 1 amide bonds. The zero-order valence-corrected chi connectivity index (χ0v) is 19.4. The van der Waals surface area contributed by atoms with Gasteiger partial charge in [-0.15, -0.1) is 0 Å². The van der Waals surface area contributed by atoms with E-state index in [0.717, 1.165) is 16.7 Å². The summed E-state index contributed by atoms with van der Waals surface area (Å²) in [6.07, 6.45) is 0. The van der Waals surface area contributed by atoms with Crippen LogP contribution in [0.1, 0.15) is 21.6 Å². The molecular formula is C28H26N2O4. The summed E-state index contributed by atoms with van der Waals surface area (Å²) in [4.78, 5) is 40.4. The molecule has 0 radical (unpaired) electrons. The number of likely N-dealkylation sites (N-methyl/N-ethyl adjacent to an activating group) is 1. The topological polar surface area (TPSA) is 68.6 Å². The maximum Gasteiger partial charge on any atom is 0.356 e. The molecule has 0 unspecified atom stereocenters. The third-order valence-electron chi connectivity index (χ3n) is 5.85. The molecule has 1 aromatic heterocycles. The van der Waals surface area contributed by atoms with Crippen LogP contribution in [0.4, 0.5) is 0 Å². The molecule has 1 heterocycles. The van der Waals surface area contributed by atoms with Crippen molar-refractivity contribution < 1.29 is 14.3 Å². The summed E-state index contributed by atoms with van der Waals surface area (Å²) in [5, 5.41) is 1.17. The lowest BCUT2D eigenvalue weighted by Gasteiger charge is -2.19. The van der Waals surface area contributed by atoms with Crippen molar-refractivity contribution in [3.8, 4) is 11.1 Å². The molecule has 3 aromatic carbocycles. The van der Waals surface area contributed by atoms with Gasteiger partial charge in [0.15, 0.2) is 6.61 Å². The lowest BCUT2D eigenvalue weighted by Crippen LogP contribution is -2.32. The summed E-state index contributed by atoms with van der Waals surface area (Å²) in [5.74, 6) is -1.05. The van der Waals surface area contributed by atoms with E-state index in [0.29, 0.717) is 22.9 Å². The standard InChI is InChI=1S/C28H26N2O4/c1-19-13-15-21(16-14-19)25-22-11-7-8-12-23(22)27(32)30(3)26(25)28(33)34-18-24(31)29(2)17-20-9-5-4-6-10-20/h4-16H,17-18H2,1-3H3. The van der Waals surface area contributed by atoms with Crippen molar-refractivity contribution in [2.45, 2.75) is 13.5 Å². The highest BCUT2D eigenvalue weighted by Crippen LogP contribution is 2.31. The number of pyridine rings is 1. The molecule has 0 aliphatic rings. The first-order valence-electron chi connectivity index (χ1n) is 11.0. The molecule has 0 spiro atoms. The number of carbonyl (C=O) groups is 2. The van der Waals surface area contributed by atoms with Crippen molar-refractivity contribution in [3.63, 3.8) is 0 Å². The minimum absolute atomic E-state index is 0.117. The zero-order valence-electron chi connectivity index (χ0n) is 19.4. The maximum atomic E-state index is 13.3. The second kappa shape index (κ2) is 9.75. The van der Waals surface area contributed by atoms with Crippen LogP contribution in [-0.2, 0) is 23.1 Å². The molecule has 0 N–H and O–H groups in total. The monoisotopic (exact) mass is 454 g/mol. The van der Waals surface area contributed by atoms with Gasteiger partial charge >= 0.3 is 5.97 Å². The molecule has 6 nitrogen and oxygen atoms in total. The molecule has 0 aliphatic carbocycles. The predicted octanol–water partition coefficient (Wildman–Crippen LogP) is 4.33. The summed E-state index contributed by atoms with van der Waals surface area (Å²) >= 11 is 0. The molecule has 34 heavy (non-hydrogen) atoms. The number of esters is 1. The minimum atomic E-state index is -0.720. The molecule has 0 saturated carbocycles. The van der Waals surface area contributed by atoms with Crippen LogP contribution in [0.3, 0.4) is 0 Å². The van der Waals surface area contributed by atoms with Crippen LogP contribution in [-0.4, -0.2) is 35.0 Å². The van der Waals surface area contributed by atoms with Gasteiger partial charge in [0.25, 0.3) is 11.5 Å². The smallest absolute Gasteiger partial charge is 0.356 e. The molecule has 4 aromatic rings. The van der Waals surface area contributed by atoms with E-state index in [1.807, 2.05) is 73.7 Å². The number of ether oxygens (including phenoxy) is 1. The van der Waals surface area contributed by atoms with Gasteiger partial charge in [-0.1, -0.05) is 78.4 Å². The fraction of sp³-hybridized carbons (Fsp3) is 0.179. The van der Waals surface area contributed by atoms with E-state index < -0.39 is 12.6 Å². The van der Waals surface area contributed by atoms with E-state index in [2.05, 4.69) is 0 Å². The molecule has 0 aliphatic heterocycles. The quantitative estimate of drug-likeness (QED) is 0.407. The number of benzene rings is 3. The van der Waals surface area contributed by atoms with Crippen molar-refractivity contribution in [1.82, 2.24) is 9.47 Å². The van der Waals surface area contributed by atoms with Crippen molar-refractivity contribution in [2.75, 3.05) is 13.7 Å². The average molecular weight is 455 g/mol. The van der Waals surface area contributed by atoms with Crippen molar-refractivity contribution in [1.29, 1.82) is 0 Å². The van der Waals surface area contributed by atoms with Crippen LogP contribution in [0, 0.1) is 6.92 Å². The fourth-order valence-corrected chi connectivity index (χ4v) is 3.97. The van der Waals surface area contributed by atoms with Crippen molar-refractivity contribution >= 4 is 22.6 Å². The molecule has 0 fully saturated rings. The average Bonchev–Trinajstić information content (AvgIpc) is 2.85. The van der Waals surface area contributed by atoms with E-state index in [-0.39, 0.29) is 17.2 Å². The maximum absolute atomic E-state index is 13.3. The Labute approximate surface area is 198 Å². The lowest BCUT2D eigenvalue weighted by atomic mass is 9.96. The van der Waals surface area contributed by atoms with E-state index in [1.54, 1.807) is 26.2 Å². The Bertz CT molecular complexity index is 1410. The summed E-state index contributed by atoms with van der Waals surface area (Å²) in [6.45, 7) is 1.96. The Morgan fingerprint density at radius 1 is 0.882 bits per heavy atom. The first-order valence-corrected chi connectivity index (χ1v) is 11.0. The van der Waals surface area contributed by atoms with Gasteiger partial charge in [-0.05, 0) is 29.5 Å². The first kappa shape index (κ1) is 23.0. The third-order valence-corrected chi connectivity index (χ3v) is 5.85. The van der Waals surface area contributed by atoms with Crippen LogP contribution in [0.25, 0.3) is 21.9 Å². The Hall–Kier alpha value is -4.19. The first-order chi connectivity index (χ1) is 16.4. The van der Waals surface area contributed by atoms with Gasteiger partial charge in [0, 0.05) is 31.6 Å². The number of hydrogen-bond donors (Lipinski definition) is 0. The number of nitrogens with zero attached hydrogens (tertiary/aromatic N) is 2. The molecule has 4 rings (SSSR count). The second-order valence-electron chi connectivity index (χ2n) is 8.31. The van der Waals surface area contributed by atoms with Crippen LogP contribution in [0.2, 0.25) is 0 Å². The van der Waals surface area contributed by atoms with Crippen molar-refractivity contribution in [3.05, 3.63) is 106 Å². The normalized spacial score (nSPS) is 10.8. The molecule has 0 bridgehead atoms. The zero-order chi connectivity index (χ0) is 24.2. The number of hydrogen-bond acceptors (Lipinski definition) is 4. The summed E-state index contributed by atoms with van der Waals surface area (Å²) in [6, 6.07) is 24.5. The van der Waals surface area contributed by atoms with Gasteiger partial charge in [0.1, 0.15) is 5.69 Å². The highest BCUT2D eigenvalue weighted by atomic mass is 16.5. The Morgan fingerprint density at radius 2 is 1.50 bits per heavy atom. The SMILES string of the molecule is Cc1ccc(-c2c(C(=O)OCC(=O)N(C)Cc3ccccc3)n(C)c(=O)c3ccccc23)cc1. The van der Waals surface area contributed by atoms with E-state index in [1.165, 1.54) is 9.47 Å². The van der Waals surface area contributed by atoms with Gasteiger partial charge in [0.05, 0.1) is 0 Å². The number of aromatic nitrogens is 1. The van der Waals surface area contributed by atoms with Crippen molar-refractivity contribution in [2.24, 2.45) is 7.05 Å². The van der Waals surface area contributed by atoms with Crippen LogP contribution in [0.5, 0.6) is 0 Å². The Balaban J connectivity index is 1.66. The molecular weight excluding hydrogens is 428 g/mol. The fourth-order valence-electron chi connectivity index (χ4n) is 3.97. The molecule has 0 atom stereocenters. The van der Waals surface area contributed by atoms with Gasteiger partial charge < -0.3 is 14.2 Å². The number of aryl methyl sites for hydroxylation is 1. The largest absolute Gasteiger partial charge is 0.451 e. The van der Waals surface area contributed by atoms with Crippen LogP contribution in [0.15, 0.2) is 83.7 Å². The van der Waals surface area contributed by atoms with E-state index >= 15 is 0 Å². The van der Waals surface area contributed by atoms with Gasteiger partial charge in [0.2, 0.25) is 0 Å². The Kier molecular flexibility index (Phi) is 6.59. The predicted molar refractivity (Wildman–Crippen MR) is 133 cm³/mol. The van der Waals surface area contributed by atoms with E-state index in [9.17, 15) is 14.4 Å². The number of carbonyl (C=O) groups excluding carboxylic acids is 2. The summed E-state index contributed by atoms with van der Waals surface area (Å²) in [5.41, 5.74) is 3.26. The molecule has 6 heteroatoms. The molecule has 172 valence electrons. The molecule has 0 saturated heterocycles.